The van der Waals surface area contributed by atoms with Crippen LogP contribution in [-0.2, 0) is 6.42 Å². The number of hydrogen-bond acceptors (Lipinski definition) is 3. The van der Waals surface area contributed by atoms with Gasteiger partial charge in [0.05, 0.1) is 0 Å². The maximum atomic E-state index is 12.3. The van der Waals surface area contributed by atoms with Crippen molar-refractivity contribution >= 4 is 22.6 Å². The van der Waals surface area contributed by atoms with Gasteiger partial charge in [-0.15, -0.1) is 0 Å². The zero-order chi connectivity index (χ0) is 16.4. The van der Waals surface area contributed by atoms with E-state index in [1.54, 1.807) is 12.1 Å². The average Bonchev–Trinajstić information content (AvgIpc) is 2.55. The number of fused-ring (bicyclic) bond motifs is 1. The summed E-state index contributed by atoms with van der Waals surface area (Å²) < 4.78 is 5.23. The molecule has 23 heavy (non-hydrogen) atoms. The quantitative estimate of drug-likeness (QED) is 0.746. The SMILES string of the molecule is CCc1ccc(NC(=O)c2cc3cc(C)ccc3oc2=O)cc1. The normalized spacial score (nSPS) is 10.7. The highest BCUT2D eigenvalue weighted by Crippen LogP contribution is 2.16. The van der Waals surface area contributed by atoms with E-state index in [-0.39, 0.29) is 5.56 Å². The van der Waals surface area contributed by atoms with Crippen LogP contribution in [0.4, 0.5) is 5.69 Å². The molecule has 1 amide bonds. The Morgan fingerprint density at radius 3 is 2.52 bits per heavy atom. The van der Waals surface area contributed by atoms with Crippen LogP contribution < -0.4 is 10.9 Å². The van der Waals surface area contributed by atoms with Crippen molar-refractivity contribution in [2.75, 3.05) is 5.32 Å². The van der Waals surface area contributed by atoms with Crippen molar-refractivity contribution in [1.82, 2.24) is 0 Å². The summed E-state index contributed by atoms with van der Waals surface area (Å²) in [5.74, 6) is -0.466. The van der Waals surface area contributed by atoms with E-state index < -0.39 is 11.5 Å². The fourth-order valence-electron chi connectivity index (χ4n) is 2.42. The Morgan fingerprint density at radius 1 is 1.09 bits per heavy atom. The number of amides is 1. The molecule has 1 N–H and O–H groups in total. The van der Waals surface area contributed by atoms with Crippen LogP contribution in [0.25, 0.3) is 11.0 Å². The van der Waals surface area contributed by atoms with Crippen molar-refractivity contribution in [1.29, 1.82) is 0 Å². The minimum absolute atomic E-state index is 0.00247. The smallest absolute Gasteiger partial charge is 0.349 e. The van der Waals surface area contributed by atoms with Gasteiger partial charge in [0.1, 0.15) is 11.1 Å². The zero-order valence-electron chi connectivity index (χ0n) is 13.1. The molecule has 4 heteroatoms. The minimum Gasteiger partial charge on any atom is -0.422 e. The molecule has 0 aliphatic heterocycles. The van der Waals surface area contributed by atoms with E-state index in [1.165, 1.54) is 5.56 Å². The maximum Gasteiger partial charge on any atom is 0.349 e. The van der Waals surface area contributed by atoms with E-state index in [0.29, 0.717) is 11.3 Å². The summed E-state index contributed by atoms with van der Waals surface area (Å²) in [4.78, 5) is 24.4. The molecule has 0 unspecified atom stereocenters. The highest BCUT2D eigenvalue weighted by Gasteiger charge is 2.14. The molecule has 0 spiro atoms. The molecule has 1 heterocycles. The number of nitrogens with one attached hydrogen (secondary N) is 1. The predicted octanol–water partition coefficient (Wildman–Crippen LogP) is 3.92. The summed E-state index contributed by atoms with van der Waals surface area (Å²) in [7, 11) is 0. The van der Waals surface area contributed by atoms with Crippen LogP contribution in [0.1, 0.15) is 28.4 Å². The lowest BCUT2D eigenvalue weighted by atomic mass is 10.1. The molecule has 0 bridgehead atoms. The van der Waals surface area contributed by atoms with Crippen molar-refractivity contribution in [2.45, 2.75) is 20.3 Å². The van der Waals surface area contributed by atoms with Crippen molar-refractivity contribution in [3.05, 3.63) is 75.6 Å². The van der Waals surface area contributed by atoms with Gasteiger partial charge in [0.2, 0.25) is 0 Å². The van der Waals surface area contributed by atoms with Gasteiger partial charge in [0, 0.05) is 11.1 Å². The minimum atomic E-state index is -0.635. The van der Waals surface area contributed by atoms with Crippen molar-refractivity contribution in [2.24, 2.45) is 0 Å². The highest BCUT2D eigenvalue weighted by molar-refractivity contribution is 6.05. The van der Waals surface area contributed by atoms with Gasteiger partial charge in [-0.05, 0) is 49.2 Å². The lowest BCUT2D eigenvalue weighted by Gasteiger charge is -2.06. The first-order chi connectivity index (χ1) is 11.1. The molecule has 4 nitrogen and oxygen atoms in total. The standard InChI is InChI=1S/C19H17NO3/c1-3-13-5-7-15(8-6-13)20-18(21)16-11-14-10-12(2)4-9-17(14)23-19(16)22/h4-11H,3H2,1-2H3,(H,20,21). The van der Waals surface area contributed by atoms with E-state index in [0.717, 1.165) is 17.4 Å². The predicted molar refractivity (Wildman–Crippen MR) is 91.0 cm³/mol. The number of rotatable bonds is 3. The first kappa shape index (κ1) is 15.0. The number of carbonyl (C=O) groups excluding carboxylic acids is 1. The molecule has 116 valence electrons. The molecule has 0 aliphatic rings. The van der Waals surface area contributed by atoms with E-state index in [9.17, 15) is 9.59 Å². The monoisotopic (exact) mass is 307 g/mol. The Bertz CT molecular complexity index is 923. The second kappa shape index (κ2) is 6.08. The molecular weight excluding hydrogens is 290 g/mol. The van der Waals surface area contributed by atoms with E-state index in [4.69, 9.17) is 4.42 Å². The van der Waals surface area contributed by atoms with Crippen molar-refractivity contribution in [3.63, 3.8) is 0 Å². The third-order valence-corrected chi connectivity index (χ3v) is 3.75. The van der Waals surface area contributed by atoms with Crippen LogP contribution in [0.5, 0.6) is 0 Å². The Labute approximate surface area is 133 Å². The number of benzene rings is 2. The van der Waals surface area contributed by atoms with Crippen LogP contribution in [0.2, 0.25) is 0 Å². The first-order valence-corrected chi connectivity index (χ1v) is 7.51. The summed E-state index contributed by atoms with van der Waals surface area (Å²) >= 11 is 0. The summed E-state index contributed by atoms with van der Waals surface area (Å²) in [5, 5.41) is 3.46. The van der Waals surface area contributed by atoms with Gasteiger partial charge in [0.25, 0.3) is 5.91 Å². The summed E-state index contributed by atoms with van der Waals surface area (Å²) in [6, 6.07) is 14.6. The van der Waals surface area contributed by atoms with E-state index in [1.807, 2.05) is 43.3 Å². The molecule has 2 aromatic carbocycles. The number of hydrogen-bond donors (Lipinski definition) is 1. The molecule has 3 aromatic rings. The number of aryl methyl sites for hydroxylation is 2. The van der Waals surface area contributed by atoms with Crippen molar-refractivity contribution < 1.29 is 9.21 Å². The Hall–Kier alpha value is -2.88. The zero-order valence-corrected chi connectivity index (χ0v) is 13.1. The van der Waals surface area contributed by atoms with Gasteiger partial charge in [-0.1, -0.05) is 30.7 Å². The molecule has 0 saturated heterocycles. The molecule has 0 radical (unpaired) electrons. The van der Waals surface area contributed by atoms with Gasteiger partial charge in [0.15, 0.2) is 0 Å². The Morgan fingerprint density at radius 2 is 1.83 bits per heavy atom. The lowest BCUT2D eigenvalue weighted by Crippen LogP contribution is -2.20. The number of anilines is 1. The highest BCUT2D eigenvalue weighted by atomic mass is 16.4. The third-order valence-electron chi connectivity index (χ3n) is 3.75. The summed E-state index contributed by atoms with van der Waals surface area (Å²) in [5.41, 5.74) is 2.71. The molecule has 0 aliphatic carbocycles. The summed E-state index contributed by atoms with van der Waals surface area (Å²) in [6.07, 6.45) is 0.932. The number of carbonyl (C=O) groups is 1. The second-order valence-electron chi connectivity index (χ2n) is 5.49. The Balaban J connectivity index is 1.93. The topological polar surface area (TPSA) is 59.3 Å². The third kappa shape index (κ3) is 3.16. The maximum absolute atomic E-state index is 12.3. The fourth-order valence-corrected chi connectivity index (χ4v) is 2.42. The van der Waals surface area contributed by atoms with E-state index >= 15 is 0 Å². The van der Waals surface area contributed by atoms with Crippen LogP contribution in [0.15, 0.2) is 57.7 Å². The first-order valence-electron chi connectivity index (χ1n) is 7.51. The van der Waals surface area contributed by atoms with Gasteiger partial charge in [-0.25, -0.2) is 4.79 Å². The van der Waals surface area contributed by atoms with Gasteiger partial charge in [-0.3, -0.25) is 4.79 Å². The largest absolute Gasteiger partial charge is 0.422 e. The molecule has 3 rings (SSSR count). The molecule has 0 saturated carbocycles. The van der Waals surface area contributed by atoms with E-state index in [2.05, 4.69) is 12.2 Å². The summed E-state index contributed by atoms with van der Waals surface area (Å²) in [6.45, 7) is 4.01. The Kier molecular flexibility index (Phi) is 3.98. The fraction of sp³-hybridized carbons (Fsp3) is 0.158. The van der Waals surface area contributed by atoms with Crippen LogP contribution in [0.3, 0.4) is 0 Å². The molecule has 0 atom stereocenters. The van der Waals surface area contributed by atoms with Crippen LogP contribution in [0, 0.1) is 6.92 Å². The van der Waals surface area contributed by atoms with Gasteiger partial charge in [-0.2, -0.15) is 0 Å². The van der Waals surface area contributed by atoms with Gasteiger partial charge >= 0.3 is 5.63 Å². The molecular formula is C19H17NO3. The second-order valence-corrected chi connectivity index (χ2v) is 5.49. The molecule has 1 aromatic heterocycles. The average molecular weight is 307 g/mol. The van der Waals surface area contributed by atoms with Crippen LogP contribution >= 0.6 is 0 Å². The van der Waals surface area contributed by atoms with Gasteiger partial charge < -0.3 is 9.73 Å². The lowest BCUT2D eigenvalue weighted by molar-refractivity contribution is 0.102. The van der Waals surface area contributed by atoms with Crippen molar-refractivity contribution in [3.8, 4) is 0 Å². The molecule has 0 fully saturated rings. The van der Waals surface area contributed by atoms with Crippen LogP contribution in [-0.4, -0.2) is 5.91 Å².